The van der Waals surface area contributed by atoms with E-state index in [4.69, 9.17) is 4.98 Å². The molecule has 4 nitrogen and oxygen atoms in total. The van der Waals surface area contributed by atoms with Crippen LogP contribution < -0.4 is 0 Å². The summed E-state index contributed by atoms with van der Waals surface area (Å²) >= 11 is 1.98. The first kappa shape index (κ1) is 22.0. The van der Waals surface area contributed by atoms with Crippen LogP contribution in [0, 0.1) is 19.0 Å². The van der Waals surface area contributed by atoms with Crippen LogP contribution in [0.15, 0.2) is 54.6 Å². The van der Waals surface area contributed by atoms with Crippen LogP contribution >= 0.6 is 11.8 Å². The highest BCUT2D eigenvalue weighted by atomic mass is 32.2. The highest BCUT2D eigenvalue weighted by Crippen LogP contribution is 2.52. The zero-order valence-electron chi connectivity index (χ0n) is 20.6. The molecule has 3 aromatic rings. The van der Waals surface area contributed by atoms with Crippen molar-refractivity contribution in [2.75, 3.05) is 6.54 Å². The zero-order chi connectivity index (χ0) is 23.6. The minimum atomic E-state index is 0.108. The molecule has 34 heavy (non-hydrogen) atoms. The van der Waals surface area contributed by atoms with Crippen LogP contribution in [-0.2, 0) is 5.41 Å². The number of hydrogen-bond donors (Lipinski definition) is 1. The second kappa shape index (κ2) is 8.03. The van der Waals surface area contributed by atoms with E-state index in [0.29, 0.717) is 5.37 Å². The lowest BCUT2D eigenvalue weighted by Crippen LogP contribution is -2.43. The lowest BCUT2D eigenvalue weighted by molar-refractivity contribution is -0.0133. The van der Waals surface area contributed by atoms with Crippen molar-refractivity contribution in [3.8, 4) is 0 Å². The third kappa shape index (κ3) is 3.99. The summed E-state index contributed by atoms with van der Waals surface area (Å²) in [7, 11) is 0. The Hall–Kier alpha value is -2.50. The molecule has 2 aromatic carbocycles. The van der Waals surface area contributed by atoms with Crippen molar-refractivity contribution < 1.29 is 0 Å². The van der Waals surface area contributed by atoms with Crippen LogP contribution in [-0.4, -0.2) is 31.9 Å². The first-order chi connectivity index (χ1) is 16.3. The molecule has 2 unspecified atom stereocenters. The zero-order valence-corrected chi connectivity index (χ0v) is 21.4. The van der Waals surface area contributed by atoms with Gasteiger partial charge >= 0.3 is 0 Å². The quantitative estimate of drug-likeness (QED) is 0.418. The van der Waals surface area contributed by atoms with Crippen molar-refractivity contribution >= 4 is 27.7 Å². The Balaban J connectivity index is 1.35. The molecule has 1 aromatic heterocycles. The summed E-state index contributed by atoms with van der Waals surface area (Å²) in [5.41, 5.74) is 7.39. The average Bonchev–Trinajstić information content (AvgIpc) is 3.22. The fourth-order valence-electron chi connectivity index (χ4n) is 5.07. The van der Waals surface area contributed by atoms with Crippen LogP contribution in [0.3, 0.4) is 0 Å². The number of benzene rings is 2. The Morgan fingerprint density at radius 3 is 2.71 bits per heavy atom. The van der Waals surface area contributed by atoms with Crippen molar-refractivity contribution in [1.82, 2.24) is 20.0 Å². The Morgan fingerprint density at radius 2 is 1.97 bits per heavy atom. The third-order valence-corrected chi connectivity index (χ3v) is 8.58. The average molecular weight is 470 g/mol. The Kier molecular flexibility index (Phi) is 5.19. The molecule has 1 saturated carbocycles. The SMILES string of the molecule is C=C1CC(c2nc3cc(C(C)(C)C)ccc3[nH]2)N(N2[C]=C(c3cccc(C)c3)SC2C2CC2)C1. The fourth-order valence-corrected chi connectivity index (χ4v) is 6.46. The number of hydrogen-bond acceptors (Lipinski definition) is 4. The summed E-state index contributed by atoms with van der Waals surface area (Å²) in [6, 6.07) is 15.6. The minimum absolute atomic E-state index is 0.108. The molecule has 3 heterocycles. The molecule has 6 rings (SSSR count). The Labute approximate surface area is 207 Å². The van der Waals surface area contributed by atoms with Gasteiger partial charge in [-0.3, -0.25) is 5.01 Å². The highest BCUT2D eigenvalue weighted by Gasteiger charge is 2.45. The van der Waals surface area contributed by atoms with E-state index in [1.807, 2.05) is 11.8 Å². The van der Waals surface area contributed by atoms with Gasteiger partial charge < -0.3 is 4.98 Å². The lowest BCUT2D eigenvalue weighted by Gasteiger charge is -2.36. The van der Waals surface area contributed by atoms with Gasteiger partial charge in [0.25, 0.3) is 0 Å². The van der Waals surface area contributed by atoms with Crippen LogP contribution in [0.25, 0.3) is 15.9 Å². The monoisotopic (exact) mass is 469 g/mol. The normalized spacial score (nSPS) is 23.8. The Morgan fingerprint density at radius 1 is 1.15 bits per heavy atom. The third-order valence-electron chi connectivity index (χ3n) is 7.19. The molecule has 1 N–H and O–H groups in total. The maximum atomic E-state index is 5.09. The standard InChI is InChI=1S/C29H33N4S/c1-18-7-6-8-21(13-18)26-17-33(28(34-26)20-9-10-20)32-16-19(2)14-25(32)27-30-23-12-11-22(29(3,4)5)15-24(23)31-27/h6-8,11-13,15,20,25,28H,2,9-10,14,16H2,1,3-5H3,(H,30,31). The van der Waals surface area contributed by atoms with Gasteiger partial charge in [-0.15, -0.1) is 0 Å². The molecule has 1 aliphatic carbocycles. The smallest absolute Gasteiger partial charge is 0.126 e. The van der Waals surface area contributed by atoms with Crippen molar-refractivity contribution in [2.24, 2.45) is 5.92 Å². The first-order valence-electron chi connectivity index (χ1n) is 12.4. The molecule has 3 aliphatic rings. The molecule has 1 radical (unpaired) electrons. The number of nitrogens with zero attached hydrogens (tertiary/aromatic N) is 3. The molecular weight excluding hydrogens is 436 g/mol. The van der Waals surface area contributed by atoms with Crippen molar-refractivity contribution in [3.05, 3.63) is 83.3 Å². The van der Waals surface area contributed by atoms with Gasteiger partial charge in [0.15, 0.2) is 0 Å². The summed E-state index contributed by atoms with van der Waals surface area (Å²) in [4.78, 5) is 9.98. The number of imidazole rings is 1. The topological polar surface area (TPSA) is 35.2 Å². The van der Waals surface area contributed by atoms with E-state index in [9.17, 15) is 0 Å². The number of aryl methyl sites for hydroxylation is 1. The van der Waals surface area contributed by atoms with Gasteiger partial charge in [0.1, 0.15) is 5.82 Å². The van der Waals surface area contributed by atoms with Gasteiger partial charge in [-0.25, -0.2) is 9.99 Å². The maximum absolute atomic E-state index is 5.09. The number of aromatic nitrogens is 2. The van der Waals surface area contributed by atoms with Gasteiger partial charge in [-0.2, -0.15) is 0 Å². The van der Waals surface area contributed by atoms with E-state index in [-0.39, 0.29) is 11.5 Å². The molecule has 1 saturated heterocycles. The number of H-pyrrole nitrogens is 1. The Bertz CT molecular complexity index is 1290. The molecule has 2 atom stereocenters. The summed E-state index contributed by atoms with van der Waals surface area (Å²) in [5, 5.41) is 5.26. The van der Waals surface area contributed by atoms with Crippen molar-refractivity contribution in [3.63, 3.8) is 0 Å². The van der Waals surface area contributed by atoms with E-state index in [1.165, 1.54) is 40.0 Å². The van der Waals surface area contributed by atoms with Crippen molar-refractivity contribution in [1.29, 1.82) is 0 Å². The molecule has 175 valence electrons. The molecule has 0 spiro atoms. The largest absolute Gasteiger partial charge is 0.341 e. The van der Waals surface area contributed by atoms with E-state index < -0.39 is 0 Å². The summed E-state index contributed by atoms with van der Waals surface area (Å²) in [6.45, 7) is 14.1. The molecule has 0 bridgehead atoms. The van der Waals surface area contributed by atoms with Gasteiger partial charge in [0.05, 0.1) is 28.6 Å². The predicted molar refractivity (Wildman–Crippen MR) is 142 cm³/mol. The first-order valence-corrected chi connectivity index (χ1v) is 13.2. The van der Waals surface area contributed by atoms with Gasteiger partial charge in [-0.1, -0.05) is 80.6 Å². The van der Waals surface area contributed by atoms with E-state index in [1.54, 1.807) is 0 Å². The second-order valence-corrected chi connectivity index (χ2v) is 12.3. The molecule has 2 fully saturated rings. The molecule has 2 aliphatic heterocycles. The number of rotatable bonds is 4. The highest BCUT2D eigenvalue weighted by molar-refractivity contribution is 8.09. The maximum Gasteiger partial charge on any atom is 0.126 e. The van der Waals surface area contributed by atoms with Gasteiger partial charge in [0, 0.05) is 11.4 Å². The summed E-state index contributed by atoms with van der Waals surface area (Å²) < 4.78 is 0. The van der Waals surface area contributed by atoms with Crippen LogP contribution in [0.2, 0.25) is 0 Å². The minimum Gasteiger partial charge on any atom is -0.341 e. The van der Waals surface area contributed by atoms with Crippen LogP contribution in [0.5, 0.6) is 0 Å². The van der Waals surface area contributed by atoms with Crippen LogP contribution in [0.1, 0.15) is 68.6 Å². The molecular formula is C29H33N4S. The van der Waals surface area contributed by atoms with Crippen molar-refractivity contribution in [2.45, 2.75) is 63.8 Å². The van der Waals surface area contributed by atoms with E-state index in [2.05, 4.69) is 97.9 Å². The fraction of sp³-hybridized carbons (Fsp3) is 0.414. The van der Waals surface area contributed by atoms with E-state index in [0.717, 1.165) is 35.7 Å². The summed E-state index contributed by atoms with van der Waals surface area (Å²) in [6.07, 6.45) is 7.31. The molecule has 0 amide bonds. The predicted octanol–water partition coefficient (Wildman–Crippen LogP) is 6.97. The number of aromatic amines is 1. The van der Waals surface area contributed by atoms with Gasteiger partial charge in [0.2, 0.25) is 0 Å². The number of nitrogens with one attached hydrogen (secondary N) is 1. The molecule has 5 heteroatoms. The lowest BCUT2D eigenvalue weighted by atomic mass is 9.87. The second-order valence-electron chi connectivity index (χ2n) is 11.2. The number of fused-ring (bicyclic) bond motifs is 1. The number of thioether (sulfide) groups is 1. The van der Waals surface area contributed by atoms with Gasteiger partial charge in [-0.05, 0) is 60.8 Å². The van der Waals surface area contributed by atoms with E-state index >= 15 is 0 Å². The van der Waals surface area contributed by atoms with Crippen LogP contribution in [0.4, 0.5) is 0 Å². The number of hydrazine groups is 1. The summed E-state index contributed by atoms with van der Waals surface area (Å²) in [5.74, 6) is 1.75.